The van der Waals surface area contributed by atoms with Crippen LogP contribution in [-0.4, -0.2) is 16.5 Å². The molecule has 6 aromatic rings. The third-order valence-corrected chi connectivity index (χ3v) is 14.3. The number of aryl methyl sites for hydroxylation is 2. The van der Waals surface area contributed by atoms with Crippen molar-refractivity contribution in [2.75, 3.05) is 23.0 Å². The molecule has 0 heterocycles. The van der Waals surface area contributed by atoms with E-state index in [-0.39, 0.29) is 0 Å². The maximum absolute atomic E-state index is 3.31. The molecule has 2 N–H and O–H groups in total. The van der Waals surface area contributed by atoms with Crippen molar-refractivity contribution in [1.82, 2.24) is 0 Å². The zero-order valence-corrected chi connectivity index (χ0v) is 30.6. The summed E-state index contributed by atoms with van der Waals surface area (Å²) in [5, 5.41) is 12.6. The first-order valence-electron chi connectivity index (χ1n) is 15.6. The van der Waals surface area contributed by atoms with Gasteiger partial charge in [0.15, 0.2) is 0 Å². The van der Waals surface area contributed by atoms with E-state index in [1.165, 1.54) is 44.7 Å². The predicted octanol–water partition coefficient (Wildman–Crippen LogP) is 7.98. The molecule has 6 rings (SSSR count). The molecule has 0 saturated heterocycles. The van der Waals surface area contributed by atoms with Gasteiger partial charge in [-0.05, 0) is 48.5 Å². The second-order valence-corrected chi connectivity index (χ2v) is 17.5. The summed E-state index contributed by atoms with van der Waals surface area (Å²) in [5.74, 6) is 0. The molecule has 0 spiro atoms. The molecular weight excluding hydrogens is 777 g/mol. The Morgan fingerprint density at radius 3 is 1.26 bits per heavy atom. The van der Waals surface area contributed by atoms with Crippen molar-refractivity contribution < 1.29 is 19.4 Å². The Balaban J connectivity index is 0.000000200. The Bertz CT molecular complexity index is 1540. The van der Waals surface area contributed by atoms with E-state index in [1.54, 1.807) is 0 Å². The van der Waals surface area contributed by atoms with Crippen LogP contribution in [0.3, 0.4) is 0 Å². The molecular formula is C41H41N2P2Pt+. The normalized spacial score (nSPS) is 10.7. The van der Waals surface area contributed by atoms with E-state index in [0.29, 0.717) is 0 Å². The van der Waals surface area contributed by atoms with Crippen LogP contribution >= 0.6 is 15.8 Å². The van der Waals surface area contributed by atoms with Crippen molar-refractivity contribution in [2.24, 2.45) is 0 Å². The van der Waals surface area contributed by atoms with Crippen LogP contribution in [0.1, 0.15) is 11.1 Å². The van der Waals surface area contributed by atoms with Crippen LogP contribution in [-0.2, 0) is 19.4 Å². The van der Waals surface area contributed by atoms with Gasteiger partial charge >= 0.3 is 119 Å². The van der Waals surface area contributed by atoms with Crippen molar-refractivity contribution >= 4 is 52.6 Å². The van der Waals surface area contributed by atoms with Gasteiger partial charge in [-0.25, -0.2) is 0 Å². The van der Waals surface area contributed by atoms with Crippen LogP contribution in [0.4, 0.5) is 11.4 Å². The number of benzene rings is 6. The van der Waals surface area contributed by atoms with Gasteiger partial charge in [0.2, 0.25) is 0 Å². The first-order chi connectivity index (χ1) is 22.5. The fraction of sp³-hybridized carbons (Fsp3) is 0.0976. The van der Waals surface area contributed by atoms with Gasteiger partial charge in [0.1, 0.15) is 12.3 Å². The maximum Gasteiger partial charge on any atom is 0.101 e. The van der Waals surface area contributed by atoms with Crippen LogP contribution < -0.4 is 31.9 Å². The van der Waals surface area contributed by atoms with Gasteiger partial charge in [0.05, 0.1) is 37.1 Å². The Hall–Kier alpha value is -3.66. The van der Waals surface area contributed by atoms with Crippen molar-refractivity contribution in [3.05, 3.63) is 181 Å². The quantitative estimate of drug-likeness (QED) is 0.103. The number of rotatable bonds is 11. The van der Waals surface area contributed by atoms with Crippen molar-refractivity contribution in [3.8, 4) is 0 Å². The third kappa shape index (κ3) is 10.4. The summed E-state index contributed by atoms with van der Waals surface area (Å²) in [5.41, 5.74) is 4.51. The minimum atomic E-state index is -0.783. The van der Waals surface area contributed by atoms with Crippen molar-refractivity contribution in [3.63, 3.8) is 0 Å². The molecule has 0 bridgehead atoms. The summed E-state index contributed by atoms with van der Waals surface area (Å²) >= 11 is 2.22. The average molecular weight is 819 g/mol. The fourth-order valence-corrected chi connectivity index (χ4v) is 12.0. The second-order valence-electron chi connectivity index (χ2n) is 11.1. The van der Waals surface area contributed by atoms with Gasteiger partial charge in [-0.15, -0.1) is 0 Å². The van der Waals surface area contributed by atoms with E-state index in [2.05, 4.69) is 202 Å². The van der Waals surface area contributed by atoms with E-state index in [0.717, 1.165) is 15.5 Å². The molecule has 0 aliphatic heterocycles. The second kappa shape index (κ2) is 17.9. The molecule has 0 aliphatic rings. The van der Waals surface area contributed by atoms with Crippen molar-refractivity contribution in [2.45, 2.75) is 13.8 Å². The van der Waals surface area contributed by atoms with E-state index in [9.17, 15) is 0 Å². The summed E-state index contributed by atoms with van der Waals surface area (Å²) in [4.78, 5) is 0. The van der Waals surface area contributed by atoms with E-state index in [1.807, 2.05) is 12.1 Å². The van der Waals surface area contributed by atoms with Gasteiger partial charge < -0.3 is 0 Å². The molecule has 2 nitrogen and oxygen atoms in total. The van der Waals surface area contributed by atoms with E-state index < -0.39 is 15.8 Å². The molecule has 46 heavy (non-hydrogen) atoms. The Labute approximate surface area is 288 Å². The van der Waals surface area contributed by atoms with Crippen LogP contribution in [0.2, 0.25) is 0 Å². The van der Waals surface area contributed by atoms with E-state index in [4.69, 9.17) is 0 Å². The van der Waals surface area contributed by atoms with Crippen LogP contribution in [0.5, 0.6) is 0 Å². The van der Waals surface area contributed by atoms with Crippen LogP contribution in [0.25, 0.3) is 0 Å². The first-order valence-corrected chi connectivity index (χ1v) is 20.1. The molecule has 0 aromatic heterocycles. The van der Waals surface area contributed by atoms with Gasteiger partial charge in [-0.2, -0.15) is 0 Å². The average Bonchev–Trinajstić information content (AvgIpc) is 3.11. The number of hydrogen-bond donors (Lipinski definition) is 2. The van der Waals surface area contributed by atoms with Gasteiger partial charge in [0.25, 0.3) is 0 Å². The zero-order chi connectivity index (χ0) is 32.0. The van der Waals surface area contributed by atoms with Gasteiger partial charge in [-0.3, -0.25) is 0 Å². The van der Waals surface area contributed by atoms with Gasteiger partial charge in [-0.1, -0.05) is 72.8 Å². The molecule has 0 radical (unpaired) electrons. The van der Waals surface area contributed by atoms with E-state index >= 15 is 0 Å². The summed E-state index contributed by atoms with van der Waals surface area (Å²) in [7, 11) is -1.57. The molecule has 0 saturated carbocycles. The maximum atomic E-state index is 3.31. The molecule has 0 amide bonds. The topological polar surface area (TPSA) is 24.1 Å². The number of nitrogens with one attached hydrogen (secondary N) is 2. The zero-order valence-electron chi connectivity index (χ0n) is 26.3. The standard InChI is InChI=1S/C26H24P2.C15H15N2.Pt/c1-5-13-23(14-6-1)27(24-15-7-2-8-16-24)21-22-28(25-17-9-3-10-18-25)26-19-11-4-12-20-26;1-12-3-7-14(8-4-12)16-11-17-15-9-5-13(2)6-10-15;/h1-20H,21-22H2;3-9,16-17H,1-2H3;/q;-1;/p+2. The Kier molecular flexibility index (Phi) is 13.1. The third-order valence-electron chi connectivity index (χ3n) is 7.62. The minimum absolute atomic E-state index is 0.783. The first kappa shape index (κ1) is 33.7. The fourth-order valence-electron chi connectivity index (χ4n) is 5.19. The van der Waals surface area contributed by atoms with Gasteiger partial charge in [0, 0.05) is 0 Å². The molecule has 0 atom stereocenters. The minimum Gasteiger partial charge on any atom is -0.0620 e. The summed E-state index contributed by atoms with van der Waals surface area (Å²) < 4.78 is 0.957. The number of hydrogen-bond acceptors (Lipinski definition) is 2. The van der Waals surface area contributed by atoms with Crippen LogP contribution in [0, 0.1) is 19.9 Å². The molecule has 0 unspecified atom stereocenters. The van der Waals surface area contributed by atoms with Crippen LogP contribution in [0.15, 0.2) is 164 Å². The smallest absolute Gasteiger partial charge is 0.0620 e. The Morgan fingerprint density at radius 2 is 0.891 bits per heavy atom. The molecule has 0 aliphatic carbocycles. The number of anilines is 2. The SMILES string of the molecule is Cc1c[c-]c(N[C](=[Pt])Nc2ccc(C)cc2)cc1.c1ccc([PH+](CC[PH+](c2ccccc2)c2ccccc2)c2ccccc2)cc1. The Morgan fingerprint density at radius 1 is 0.500 bits per heavy atom. The molecule has 6 aromatic carbocycles. The largest absolute Gasteiger partial charge is 0.101 e. The predicted molar refractivity (Wildman–Crippen MR) is 204 cm³/mol. The molecule has 234 valence electrons. The summed E-state index contributed by atoms with van der Waals surface area (Å²) in [6.45, 7) is 4.14. The monoisotopic (exact) mass is 818 g/mol. The summed E-state index contributed by atoms with van der Waals surface area (Å²) in [6.07, 6.45) is 2.52. The molecule has 0 fully saturated rings. The van der Waals surface area contributed by atoms with Crippen molar-refractivity contribution in [1.29, 1.82) is 0 Å². The summed E-state index contributed by atoms with van der Waals surface area (Å²) in [6, 6.07) is 62.0. The molecule has 5 heteroatoms.